The van der Waals surface area contributed by atoms with Crippen molar-refractivity contribution in [2.24, 2.45) is 0 Å². The molecule has 0 saturated carbocycles. The average Bonchev–Trinajstić information content (AvgIpc) is 2.75. The maximum Gasteiger partial charge on any atom is 0.319 e. The molecule has 1 aliphatic rings. The van der Waals surface area contributed by atoms with E-state index in [0.29, 0.717) is 0 Å². The van der Waals surface area contributed by atoms with Gasteiger partial charge in [-0.15, -0.1) is 0 Å². The molecule has 2 rings (SSSR count). The van der Waals surface area contributed by atoms with E-state index in [1.807, 2.05) is 6.07 Å². The fourth-order valence-electron chi connectivity index (χ4n) is 2.04. The Morgan fingerprint density at radius 2 is 2.16 bits per heavy atom. The van der Waals surface area contributed by atoms with Crippen molar-refractivity contribution < 1.29 is 13.6 Å². The predicted octanol–water partition coefficient (Wildman–Crippen LogP) is 2.33. The highest BCUT2D eigenvalue weighted by Gasteiger charge is 2.40. The number of hydrogen-bond donors (Lipinski definition) is 1. The standard InChI is InChI=1S/C13H13F2N3O/c1-13(2,7-16)18-6-11(17-12(18)19)9-5-8(14)3-4-10(9)15/h3-5,11H,6H2,1-2H3,(H,17,19). The summed E-state index contributed by atoms with van der Waals surface area (Å²) in [5, 5.41) is 11.6. The number of carbonyl (C=O) groups excluding carboxylic acids is 1. The fraction of sp³-hybridized carbons (Fsp3) is 0.385. The summed E-state index contributed by atoms with van der Waals surface area (Å²) in [5.74, 6) is -1.15. The molecule has 1 aromatic rings. The van der Waals surface area contributed by atoms with Gasteiger partial charge in [0.2, 0.25) is 0 Å². The van der Waals surface area contributed by atoms with E-state index in [-0.39, 0.29) is 12.1 Å². The van der Waals surface area contributed by atoms with Crippen molar-refractivity contribution in [3.63, 3.8) is 0 Å². The van der Waals surface area contributed by atoms with Crippen LogP contribution in [0.1, 0.15) is 25.5 Å². The van der Waals surface area contributed by atoms with E-state index >= 15 is 0 Å². The van der Waals surface area contributed by atoms with Crippen molar-refractivity contribution >= 4 is 6.03 Å². The Labute approximate surface area is 109 Å². The second-order valence-electron chi connectivity index (χ2n) is 4.95. The first-order chi connectivity index (χ1) is 8.85. The molecule has 19 heavy (non-hydrogen) atoms. The van der Waals surface area contributed by atoms with Crippen molar-refractivity contribution in [3.05, 3.63) is 35.4 Å². The molecule has 1 N–H and O–H groups in total. The molecule has 4 nitrogen and oxygen atoms in total. The lowest BCUT2D eigenvalue weighted by Gasteiger charge is -2.27. The number of benzene rings is 1. The summed E-state index contributed by atoms with van der Waals surface area (Å²) in [7, 11) is 0. The van der Waals surface area contributed by atoms with Gasteiger partial charge in [0.25, 0.3) is 0 Å². The summed E-state index contributed by atoms with van der Waals surface area (Å²) >= 11 is 0. The summed E-state index contributed by atoms with van der Waals surface area (Å²) in [4.78, 5) is 13.1. The van der Waals surface area contributed by atoms with Crippen LogP contribution < -0.4 is 5.32 Å². The highest BCUT2D eigenvalue weighted by molar-refractivity contribution is 5.78. The fourth-order valence-corrected chi connectivity index (χ4v) is 2.04. The molecule has 0 aromatic heterocycles. The lowest BCUT2D eigenvalue weighted by molar-refractivity contribution is 0.186. The van der Waals surface area contributed by atoms with E-state index in [1.54, 1.807) is 13.8 Å². The minimum Gasteiger partial charge on any atom is -0.329 e. The minimum atomic E-state index is -0.997. The monoisotopic (exact) mass is 265 g/mol. The first-order valence-corrected chi connectivity index (χ1v) is 5.79. The van der Waals surface area contributed by atoms with Crippen LogP contribution in [0.5, 0.6) is 0 Å². The van der Waals surface area contributed by atoms with E-state index < -0.39 is 29.2 Å². The summed E-state index contributed by atoms with van der Waals surface area (Å²) in [6.07, 6.45) is 0. The molecule has 0 radical (unpaired) electrons. The van der Waals surface area contributed by atoms with Crippen molar-refractivity contribution in [2.45, 2.75) is 25.4 Å². The molecule has 1 aliphatic heterocycles. The third-order valence-corrected chi connectivity index (χ3v) is 3.19. The zero-order valence-electron chi connectivity index (χ0n) is 10.6. The molecular formula is C13H13F2N3O. The van der Waals surface area contributed by atoms with Crippen molar-refractivity contribution in [3.8, 4) is 6.07 Å². The minimum absolute atomic E-state index is 0.0876. The van der Waals surface area contributed by atoms with Crippen LogP contribution in [-0.4, -0.2) is 23.0 Å². The maximum atomic E-state index is 13.7. The van der Waals surface area contributed by atoms with E-state index in [2.05, 4.69) is 5.32 Å². The van der Waals surface area contributed by atoms with Crippen LogP contribution in [0.3, 0.4) is 0 Å². The molecule has 0 bridgehead atoms. The Kier molecular flexibility index (Phi) is 3.14. The van der Waals surface area contributed by atoms with E-state index in [4.69, 9.17) is 5.26 Å². The number of nitrogens with one attached hydrogen (secondary N) is 1. The number of nitriles is 1. The molecular weight excluding hydrogens is 252 g/mol. The smallest absolute Gasteiger partial charge is 0.319 e. The second-order valence-corrected chi connectivity index (χ2v) is 4.95. The number of urea groups is 1. The molecule has 100 valence electrons. The van der Waals surface area contributed by atoms with Gasteiger partial charge in [0.15, 0.2) is 0 Å². The number of carbonyl (C=O) groups is 1. The first-order valence-electron chi connectivity index (χ1n) is 5.79. The summed E-state index contributed by atoms with van der Waals surface area (Å²) < 4.78 is 26.8. The molecule has 1 fully saturated rings. The van der Waals surface area contributed by atoms with E-state index in [1.165, 1.54) is 4.90 Å². The van der Waals surface area contributed by atoms with Gasteiger partial charge in [0, 0.05) is 12.1 Å². The molecule has 0 aliphatic carbocycles. The lowest BCUT2D eigenvalue weighted by Crippen LogP contribution is -2.44. The molecule has 1 atom stereocenters. The molecule has 1 aromatic carbocycles. The van der Waals surface area contributed by atoms with Crippen molar-refractivity contribution in [2.75, 3.05) is 6.54 Å². The SMILES string of the molecule is CC(C)(C#N)N1CC(c2cc(F)ccc2F)NC1=O. The normalized spacial score (nSPS) is 19.2. The van der Waals surface area contributed by atoms with Gasteiger partial charge < -0.3 is 10.2 Å². The molecule has 1 unspecified atom stereocenters. The largest absolute Gasteiger partial charge is 0.329 e. The van der Waals surface area contributed by atoms with Gasteiger partial charge >= 0.3 is 6.03 Å². The zero-order valence-corrected chi connectivity index (χ0v) is 10.6. The van der Waals surface area contributed by atoms with Crippen LogP contribution in [-0.2, 0) is 0 Å². The number of rotatable bonds is 2. The molecule has 0 spiro atoms. The third-order valence-electron chi connectivity index (χ3n) is 3.19. The number of nitrogens with zero attached hydrogens (tertiary/aromatic N) is 2. The van der Waals surface area contributed by atoms with Gasteiger partial charge in [-0.05, 0) is 32.0 Å². The Morgan fingerprint density at radius 1 is 1.47 bits per heavy atom. The predicted molar refractivity (Wildman–Crippen MR) is 64.0 cm³/mol. The van der Waals surface area contributed by atoms with Gasteiger partial charge in [0.1, 0.15) is 17.2 Å². The van der Waals surface area contributed by atoms with Crippen LogP contribution in [0.15, 0.2) is 18.2 Å². The highest BCUT2D eigenvalue weighted by Crippen LogP contribution is 2.27. The molecule has 2 amide bonds. The van der Waals surface area contributed by atoms with Crippen LogP contribution >= 0.6 is 0 Å². The Balaban J connectivity index is 2.29. The van der Waals surface area contributed by atoms with Crippen LogP contribution in [0.4, 0.5) is 13.6 Å². The van der Waals surface area contributed by atoms with Crippen molar-refractivity contribution in [1.82, 2.24) is 10.2 Å². The molecule has 1 heterocycles. The molecule has 6 heteroatoms. The molecule has 1 saturated heterocycles. The van der Waals surface area contributed by atoms with Gasteiger partial charge in [0.05, 0.1) is 12.1 Å². The first kappa shape index (κ1) is 13.3. The lowest BCUT2D eigenvalue weighted by atomic mass is 10.0. The van der Waals surface area contributed by atoms with Crippen LogP contribution in [0.2, 0.25) is 0 Å². The maximum absolute atomic E-state index is 13.7. The summed E-state index contributed by atoms with van der Waals surface area (Å²) in [6.45, 7) is 3.31. The topological polar surface area (TPSA) is 56.1 Å². The highest BCUT2D eigenvalue weighted by atomic mass is 19.1. The third kappa shape index (κ3) is 2.36. The van der Waals surface area contributed by atoms with E-state index in [0.717, 1.165) is 18.2 Å². The zero-order chi connectivity index (χ0) is 14.2. The van der Waals surface area contributed by atoms with Crippen molar-refractivity contribution in [1.29, 1.82) is 5.26 Å². The van der Waals surface area contributed by atoms with Gasteiger partial charge in [-0.1, -0.05) is 0 Å². The van der Waals surface area contributed by atoms with Crippen LogP contribution in [0.25, 0.3) is 0 Å². The Hall–Kier alpha value is -2.16. The Morgan fingerprint density at radius 3 is 2.79 bits per heavy atom. The summed E-state index contributed by atoms with van der Waals surface area (Å²) in [5.41, 5.74) is -0.910. The quantitative estimate of drug-likeness (QED) is 0.892. The summed E-state index contributed by atoms with van der Waals surface area (Å²) in [6, 6.07) is 4.00. The number of halogens is 2. The van der Waals surface area contributed by atoms with E-state index in [9.17, 15) is 13.6 Å². The van der Waals surface area contributed by atoms with Crippen LogP contribution in [0, 0.1) is 23.0 Å². The van der Waals surface area contributed by atoms with Gasteiger partial charge in [-0.25, -0.2) is 13.6 Å². The average molecular weight is 265 g/mol. The number of hydrogen-bond acceptors (Lipinski definition) is 2. The van der Waals surface area contributed by atoms with Gasteiger partial charge in [-0.3, -0.25) is 0 Å². The number of amides is 2. The van der Waals surface area contributed by atoms with Gasteiger partial charge in [-0.2, -0.15) is 5.26 Å². The second kappa shape index (κ2) is 4.50. The Bertz CT molecular complexity index is 565.